The maximum absolute atomic E-state index is 12.5. The summed E-state index contributed by atoms with van der Waals surface area (Å²) in [5.74, 6) is 0.280. The lowest BCUT2D eigenvalue weighted by atomic mass is 10.3. The highest BCUT2D eigenvalue weighted by Crippen LogP contribution is 3.02. The van der Waals surface area contributed by atoms with Gasteiger partial charge in [0.25, 0.3) is 0 Å². The summed E-state index contributed by atoms with van der Waals surface area (Å²) < 4.78 is 62.3. The van der Waals surface area contributed by atoms with E-state index in [0.717, 1.165) is 6.07 Å². The van der Waals surface area contributed by atoms with Crippen LogP contribution in [0.4, 0.5) is 25.2 Å². The van der Waals surface area contributed by atoms with Crippen molar-refractivity contribution in [2.45, 2.75) is 4.90 Å². The van der Waals surface area contributed by atoms with Gasteiger partial charge in [0.05, 0.1) is 6.20 Å². The molecule has 3 nitrogen and oxygen atoms in total. The van der Waals surface area contributed by atoms with E-state index >= 15 is 0 Å². The first-order valence-corrected chi connectivity index (χ1v) is 7.17. The SMILES string of the molecule is FS(F)(F)(F)(F)c1ccc(N2CCNCC2)nc1. The van der Waals surface area contributed by atoms with E-state index in [1.165, 1.54) is 0 Å². The van der Waals surface area contributed by atoms with Gasteiger partial charge >= 0.3 is 10.2 Å². The summed E-state index contributed by atoms with van der Waals surface area (Å²) in [6.45, 7) is 2.54. The van der Waals surface area contributed by atoms with Crippen LogP contribution in [0.1, 0.15) is 0 Å². The van der Waals surface area contributed by atoms with E-state index in [0.29, 0.717) is 32.2 Å². The molecule has 1 saturated heterocycles. The van der Waals surface area contributed by atoms with Crippen molar-refractivity contribution in [3.8, 4) is 0 Å². The van der Waals surface area contributed by atoms with Crippen molar-refractivity contribution in [2.75, 3.05) is 31.1 Å². The molecule has 0 atom stereocenters. The lowest BCUT2D eigenvalue weighted by Crippen LogP contribution is -2.43. The largest absolute Gasteiger partial charge is 0.354 e. The summed E-state index contributed by atoms with van der Waals surface area (Å²) in [4.78, 5) is 3.28. The van der Waals surface area contributed by atoms with Crippen molar-refractivity contribution >= 4 is 16.0 Å². The summed E-state index contributed by atoms with van der Waals surface area (Å²) in [7, 11) is -9.60. The lowest BCUT2D eigenvalue weighted by molar-refractivity contribution is 0.363. The van der Waals surface area contributed by atoms with Crippen molar-refractivity contribution < 1.29 is 19.4 Å². The molecule has 0 radical (unpaired) electrons. The second-order valence-electron chi connectivity index (χ2n) is 4.06. The fourth-order valence-electron chi connectivity index (χ4n) is 1.68. The number of halogens is 5. The lowest BCUT2D eigenvalue weighted by Gasteiger charge is -2.40. The number of hydrogen-bond donors (Lipinski definition) is 1. The van der Waals surface area contributed by atoms with Gasteiger partial charge in [-0.25, -0.2) is 4.98 Å². The Morgan fingerprint density at radius 3 is 2.11 bits per heavy atom. The number of anilines is 1. The van der Waals surface area contributed by atoms with Crippen LogP contribution in [0.15, 0.2) is 23.2 Å². The summed E-state index contributed by atoms with van der Waals surface area (Å²) in [5, 5.41) is 3.07. The number of pyridine rings is 1. The molecule has 18 heavy (non-hydrogen) atoms. The molecule has 104 valence electrons. The number of aromatic nitrogens is 1. The highest BCUT2D eigenvalue weighted by atomic mass is 32.5. The van der Waals surface area contributed by atoms with Crippen LogP contribution < -0.4 is 10.2 Å². The van der Waals surface area contributed by atoms with Gasteiger partial charge in [0.2, 0.25) is 0 Å². The van der Waals surface area contributed by atoms with Crippen LogP contribution in [-0.2, 0) is 0 Å². The number of nitrogens with zero attached hydrogens (tertiary/aromatic N) is 2. The molecule has 0 spiro atoms. The van der Waals surface area contributed by atoms with Crippen LogP contribution >= 0.6 is 10.2 Å². The van der Waals surface area contributed by atoms with Crippen molar-refractivity contribution in [3.63, 3.8) is 0 Å². The minimum atomic E-state index is -9.60. The van der Waals surface area contributed by atoms with Crippen LogP contribution in [-0.4, -0.2) is 31.2 Å². The molecule has 1 aliphatic heterocycles. The van der Waals surface area contributed by atoms with Gasteiger partial charge < -0.3 is 10.2 Å². The summed E-state index contributed by atoms with van der Waals surface area (Å²) in [6, 6.07) is 1.38. The van der Waals surface area contributed by atoms with E-state index in [9.17, 15) is 19.4 Å². The predicted molar refractivity (Wildman–Crippen MR) is 60.7 cm³/mol. The molecule has 1 aromatic heterocycles. The number of nitrogens with one attached hydrogen (secondary N) is 1. The maximum Gasteiger partial charge on any atom is 0.311 e. The van der Waals surface area contributed by atoms with Gasteiger partial charge in [-0.05, 0) is 12.1 Å². The molecule has 2 rings (SSSR count). The Kier molecular flexibility index (Phi) is 2.58. The fraction of sp³-hybridized carbons (Fsp3) is 0.444. The molecule has 2 heterocycles. The zero-order valence-electron chi connectivity index (χ0n) is 9.25. The van der Waals surface area contributed by atoms with Crippen LogP contribution in [0.5, 0.6) is 0 Å². The minimum absolute atomic E-state index is 0.207. The molecule has 0 unspecified atom stereocenters. The molecular weight excluding hydrogens is 277 g/mol. The molecule has 0 amide bonds. The Morgan fingerprint density at radius 1 is 1.06 bits per heavy atom. The molecule has 1 aliphatic rings. The Morgan fingerprint density at radius 2 is 1.67 bits per heavy atom. The molecule has 0 aliphatic carbocycles. The molecule has 0 aromatic carbocycles. The van der Waals surface area contributed by atoms with Gasteiger partial charge in [-0.2, -0.15) is 0 Å². The Labute approximate surface area is 101 Å². The zero-order chi connectivity index (χ0) is 13.5. The standard InChI is InChI=1S/C9H12F5N3S/c10-18(11,12,13,14)8-1-2-9(16-7-8)17-5-3-15-4-6-17/h1-2,7,15H,3-6H2. The third-order valence-electron chi connectivity index (χ3n) is 2.61. The molecule has 1 aromatic rings. The summed E-state index contributed by atoms with van der Waals surface area (Å²) >= 11 is 0. The number of rotatable bonds is 2. The quantitative estimate of drug-likeness (QED) is 0.848. The third kappa shape index (κ3) is 3.02. The molecule has 0 bridgehead atoms. The summed E-state index contributed by atoms with van der Waals surface area (Å²) in [5.41, 5.74) is 0. The van der Waals surface area contributed by atoms with Crippen LogP contribution in [0.25, 0.3) is 0 Å². The maximum atomic E-state index is 12.5. The van der Waals surface area contributed by atoms with E-state index in [1.807, 2.05) is 0 Å². The first kappa shape index (κ1) is 13.3. The number of hydrogen-bond acceptors (Lipinski definition) is 3. The minimum Gasteiger partial charge on any atom is -0.354 e. The van der Waals surface area contributed by atoms with Crippen molar-refractivity contribution in [1.29, 1.82) is 0 Å². The smallest absolute Gasteiger partial charge is 0.311 e. The Balaban J connectivity index is 2.26. The van der Waals surface area contributed by atoms with E-state index in [4.69, 9.17) is 0 Å². The zero-order valence-corrected chi connectivity index (χ0v) is 10.1. The first-order chi connectivity index (χ1) is 8.06. The van der Waals surface area contributed by atoms with Gasteiger partial charge in [-0.15, -0.1) is 0 Å². The average Bonchev–Trinajstić information content (AvgIpc) is 2.28. The van der Waals surface area contributed by atoms with E-state index in [2.05, 4.69) is 10.3 Å². The van der Waals surface area contributed by atoms with Gasteiger partial charge in [0, 0.05) is 26.2 Å². The highest BCUT2D eigenvalue weighted by Gasteiger charge is 2.65. The highest BCUT2D eigenvalue weighted by molar-refractivity contribution is 8.45. The van der Waals surface area contributed by atoms with Gasteiger partial charge in [-0.1, -0.05) is 19.4 Å². The van der Waals surface area contributed by atoms with Crippen molar-refractivity contribution in [3.05, 3.63) is 18.3 Å². The van der Waals surface area contributed by atoms with Crippen molar-refractivity contribution in [2.24, 2.45) is 0 Å². The van der Waals surface area contributed by atoms with E-state index < -0.39 is 15.1 Å². The van der Waals surface area contributed by atoms with Crippen LogP contribution in [0, 0.1) is 0 Å². The Hall–Kier alpha value is -1.09. The second kappa shape index (κ2) is 3.47. The van der Waals surface area contributed by atoms with Crippen LogP contribution in [0.2, 0.25) is 0 Å². The monoisotopic (exact) mass is 289 g/mol. The van der Waals surface area contributed by atoms with Gasteiger partial charge in [-0.3, -0.25) is 0 Å². The van der Waals surface area contributed by atoms with Gasteiger partial charge in [0.15, 0.2) is 0 Å². The molecule has 0 saturated carbocycles. The van der Waals surface area contributed by atoms with E-state index in [1.54, 1.807) is 4.90 Å². The molecule has 9 heteroatoms. The average molecular weight is 289 g/mol. The number of piperazine rings is 1. The van der Waals surface area contributed by atoms with E-state index in [-0.39, 0.29) is 12.0 Å². The molecule has 1 N–H and O–H groups in total. The predicted octanol–water partition coefficient (Wildman–Crippen LogP) is 3.15. The molecular formula is C9H12F5N3S. The van der Waals surface area contributed by atoms with Crippen molar-refractivity contribution in [1.82, 2.24) is 10.3 Å². The third-order valence-corrected chi connectivity index (χ3v) is 3.74. The summed E-state index contributed by atoms with van der Waals surface area (Å²) in [6.07, 6.45) is 0.207. The first-order valence-electron chi connectivity index (χ1n) is 5.22. The fourth-order valence-corrected chi connectivity index (χ4v) is 2.26. The molecule has 1 fully saturated rings. The normalized spacial score (nSPS) is 21.3. The van der Waals surface area contributed by atoms with Crippen LogP contribution in [0.3, 0.4) is 0 Å². The second-order valence-corrected chi connectivity index (χ2v) is 6.47. The Bertz CT molecular complexity index is 437. The van der Waals surface area contributed by atoms with Gasteiger partial charge in [0.1, 0.15) is 10.7 Å². The topological polar surface area (TPSA) is 28.2 Å².